The van der Waals surface area contributed by atoms with Crippen molar-refractivity contribution in [2.45, 2.75) is 19.0 Å². The topological polar surface area (TPSA) is 17.8 Å². The molecular formula is C12H10ClF3N2. The van der Waals surface area contributed by atoms with Crippen LogP contribution in [0.25, 0.3) is 5.69 Å². The summed E-state index contributed by atoms with van der Waals surface area (Å²) in [5.74, 6) is 0.222. The van der Waals surface area contributed by atoms with Crippen molar-refractivity contribution >= 4 is 11.6 Å². The number of rotatable bonds is 2. The van der Waals surface area contributed by atoms with Crippen LogP contribution in [0.5, 0.6) is 0 Å². The van der Waals surface area contributed by atoms with Crippen molar-refractivity contribution in [2.24, 2.45) is 0 Å². The SMILES string of the molecule is Cc1c(CCl)cnn1-c1ccccc1C(F)(F)F. The van der Waals surface area contributed by atoms with Gasteiger partial charge in [-0.15, -0.1) is 11.6 Å². The van der Waals surface area contributed by atoms with Gasteiger partial charge in [-0.2, -0.15) is 18.3 Å². The van der Waals surface area contributed by atoms with Crippen LogP contribution < -0.4 is 0 Å². The maximum atomic E-state index is 12.9. The van der Waals surface area contributed by atoms with Gasteiger partial charge in [-0.25, -0.2) is 4.68 Å². The molecule has 2 rings (SSSR count). The van der Waals surface area contributed by atoms with E-state index < -0.39 is 11.7 Å². The zero-order valence-corrected chi connectivity index (χ0v) is 10.3. The quantitative estimate of drug-likeness (QED) is 0.759. The van der Waals surface area contributed by atoms with Crippen molar-refractivity contribution in [3.63, 3.8) is 0 Å². The maximum Gasteiger partial charge on any atom is 0.418 e. The fraction of sp³-hybridized carbons (Fsp3) is 0.250. The molecule has 0 unspecified atom stereocenters. The van der Waals surface area contributed by atoms with E-state index in [-0.39, 0.29) is 11.6 Å². The zero-order chi connectivity index (χ0) is 13.3. The molecule has 0 spiro atoms. The number of benzene rings is 1. The first-order chi connectivity index (χ1) is 8.45. The van der Waals surface area contributed by atoms with Gasteiger partial charge in [0.2, 0.25) is 0 Å². The molecule has 1 aromatic carbocycles. The lowest BCUT2D eigenvalue weighted by molar-refractivity contribution is -0.137. The van der Waals surface area contributed by atoms with Gasteiger partial charge in [0, 0.05) is 11.3 Å². The van der Waals surface area contributed by atoms with Crippen LogP contribution in [0, 0.1) is 6.92 Å². The lowest BCUT2D eigenvalue weighted by atomic mass is 10.1. The highest BCUT2D eigenvalue weighted by molar-refractivity contribution is 6.17. The molecule has 1 aromatic heterocycles. The number of hydrogen-bond acceptors (Lipinski definition) is 1. The zero-order valence-electron chi connectivity index (χ0n) is 9.50. The highest BCUT2D eigenvalue weighted by Gasteiger charge is 2.34. The Balaban J connectivity index is 2.61. The Hall–Kier alpha value is -1.49. The number of hydrogen-bond donors (Lipinski definition) is 0. The summed E-state index contributed by atoms with van der Waals surface area (Å²) in [5.41, 5.74) is 0.631. The van der Waals surface area contributed by atoms with Crippen LogP contribution >= 0.6 is 11.6 Å². The van der Waals surface area contributed by atoms with E-state index in [1.165, 1.54) is 23.0 Å². The van der Waals surface area contributed by atoms with Gasteiger partial charge in [0.05, 0.1) is 23.3 Å². The van der Waals surface area contributed by atoms with Crippen molar-refractivity contribution in [3.8, 4) is 5.69 Å². The number of alkyl halides is 4. The fourth-order valence-corrected chi connectivity index (χ4v) is 1.98. The summed E-state index contributed by atoms with van der Waals surface area (Å²) in [6.07, 6.45) is -2.93. The molecule has 0 aliphatic rings. The molecule has 0 amide bonds. The van der Waals surface area contributed by atoms with Gasteiger partial charge in [0.15, 0.2) is 0 Å². The minimum atomic E-state index is -4.41. The lowest BCUT2D eigenvalue weighted by Crippen LogP contribution is -2.12. The van der Waals surface area contributed by atoms with Crippen LogP contribution in [-0.2, 0) is 12.1 Å². The Morgan fingerprint density at radius 3 is 2.50 bits per heavy atom. The van der Waals surface area contributed by atoms with E-state index in [1.807, 2.05) is 0 Å². The monoisotopic (exact) mass is 274 g/mol. The molecule has 0 saturated heterocycles. The van der Waals surface area contributed by atoms with Crippen LogP contribution in [0.2, 0.25) is 0 Å². The molecule has 0 bridgehead atoms. The maximum absolute atomic E-state index is 12.9. The summed E-state index contributed by atoms with van der Waals surface area (Å²) in [7, 11) is 0. The van der Waals surface area contributed by atoms with Crippen LogP contribution in [-0.4, -0.2) is 9.78 Å². The summed E-state index contributed by atoms with van der Waals surface area (Å²) < 4.78 is 39.9. The molecule has 18 heavy (non-hydrogen) atoms. The average Bonchev–Trinajstić information content (AvgIpc) is 2.69. The molecule has 2 nitrogen and oxygen atoms in total. The summed E-state index contributed by atoms with van der Waals surface area (Å²) in [6, 6.07) is 5.33. The Kier molecular flexibility index (Phi) is 3.34. The van der Waals surface area contributed by atoms with Crippen LogP contribution in [0.1, 0.15) is 16.8 Å². The molecule has 2 aromatic rings. The van der Waals surface area contributed by atoms with E-state index in [0.29, 0.717) is 11.3 Å². The first-order valence-corrected chi connectivity index (χ1v) is 5.74. The molecule has 0 aliphatic heterocycles. The fourth-order valence-electron chi connectivity index (χ4n) is 1.72. The van der Waals surface area contributed by atoms with Crippen LogP contribution in [0.3, 0.4) is 0 Å². The summed E-state index contributed by atoms with van der Waals surface area (Å²) in [5, 5.41) is 3.96. The van der Waals surface area contributed by atoms with Gasteiger partial charge in [0.1, 0.15) is 0 Å². The van der Waals surface area contributed by atoms with Gasteiger partial charge in [-0.05, 0) is 19.1 Å². The van der Waals surface area contributed by atoms with Gasteiger partial charge >= 0.3 is 6.18 Å². The molecule has 0 saturated carbocycles. The van der Waals surface area contributed by atoms with Gasteiger partial charge in [0.25, 0.3) is 0 Å². The third kappa shape index (κ3) is 2.22. The minimum absolute atomic E-state index is 0.0128. The molecule has 0 radical (unpaired) electrons. The Labute approximate surface area is 107 Å². The summed E-state index contributed by atoms with van der Waals surface area (Å²) >= 11 is 5.69. The largest absolute Gasteiger partial charge is 0.418 e. The average molecular weight is 275 g/mol. The Morgan fingerprint density at radius 1 is 1.28 bits per heavy atom. The third-order valence-corrected chi connectivity index (χ3v) is 2.98. The number of aromatic nitrogens is 2. The first-order valence-electron chi connectivity index (χ1n) is 5.21. The third-order valence-electron chi connectivity index (χ3n) is 2.69. The molecule has 0 N–H and O–H groups in total. The number of para-hydroxylation sites is 1. The van der Waals surface area contributed by atoms with E-state index in [4.69, 9.17) is 11.6 Å². The minimum Gasteiger partial charge on any atom is -0.237 e. The number of nitrogens with zero attached hydrogens (tertiary/aromatic N) is 2. The molecule has 6 heteroatoms. The van der Waals surface area contributed by atoms with E-state index in [2.05, 4.69) is 5.10 Å². The molecule has 1 heterocycles. The summed E-state index contributed by atoms with van der Waals surface area (Å²) in [4.78, 5) is 0. The molecule has 0 aliphatic carbocycles. The van der Waals surface area contributed by atoms with Crippen LogP contribution in [0.4, 0.5) is 13.2 Å². The second kappa shape index (κ2) is 4.65. The smallest absolute Gasteiger partial charge is 0.237 e. The van der Waals surface area contributed by atoms with Crippen molar-refractivity contribution in [1.29, 1.82) is 0 Å². The van der Waals surface area contributed by atoms with E-state index in [0.717, 1.165) is 6.07 Å². The standard InChI is InChI=1S/C12H10ClF3N2/c1-8-9(6-13)7-17-18(8)11-5-3-2-4-10(11)12(14,15)16/h2-5,7H,6H2,1H3. The highest BCUT2D eigenvalue weighted by atomic mass is 35.5. The summed E-state index contributed by atoms with van der Waals surface area (Å²) in [6.45, 7) is 1.69. The van der Waals surface area contributed by atoms with Crippen molar-refractivity contribution in [3.05, 3.63) is 47.3 Å². The molecule has 0 fully saturated rings. The first kappa shape index (κ1) is 13.0. The van der Waals surface area contributed by atoms with Crippen molar-refractivity contribution < 1.29 is 13.2 Å². The molecule has 96 valence electrons. The molecule has 0 atom stereocenters. The second-order valence-electron chi connectivity index (χ2n) is 3.82. The van der Waals surface area contributed by atoms with Crippen molar-refractivity contribution in [1.82, 2.24) is 9.78 Å². The molecular weight excluding hydrogens is 265 g/mol. The predicted octanol–water partition coefficient (Wildman–Crippen LogP) is 3.94. The normalized spacial score (nSPS) is 11.8. The van der Waals surface area contributed by atoms with Crippen LogP contribution in [0.15, 0.2) is 30.5 Å². The van der Waals surface area contributed by atoms with E-state index in [1.54, 1.807) is 13.0 Å². The predicted molar refractivity (Wildman–Crippen MR) is 62.9 cm³/mol. The Morgan fingerprint density at radius 2 is 1.94 bits per heavy atom. The van der Waals surface area contributed by atoms with Gasteiger partial charge in [-0.1, -0.05) is 12.1 Å². The van der Waals surface area contributed by atoms with Crippen molar-refractivity contribution in [2.75, 3.05) is 0 Å². The van der Waals surface area contributed by atoms with Gasteiger partial charge < -0.3 is 0 Å². The van der Waals surface area contributed by atoms with Gasteiger partial charge in [-0.3, -0.25) is 0 Å². The number of halogens is 4. The lowest BCUT2D eigenvalue weighted by Gasteiger charge is -2.13. The van der Waals surface area contributed by atoms with E-state index in [9.17, 15) is 13.2 Å². The van der Waals surface area contributed by atoms with E-state index >= 15 is 0 Å². The second-order valence-corrected chi connectivity index (χ2v) is 4.08. The highest BCUT2D eigenvalue weighted by Crippen LogP contribution is 2.34. The Bertz CT molecular complexity index is 561.